The van der Waals surface area contributed by atoms with E-state index < -0.39 is 0 Å². The molecule has 1 aliphatic heterocycles. The molecule has 1 aliphatic rings. The molecule has 0 spiro atoms. The van der Waals surface area contributed by atoms with Crippen LogP contribution in [0.5, 0.6) is 0 Å². The second kappa shape index (κ2) is 9.19. The molecule has 0 aromatic rings. The number of hydrogen-bond donors (Lipinski definition) is 3. The Morgan fingerprint density at radius 3 is 2.55 bits per heavy atom. The first kappa shape index (κ1) is 17.2. The summed E-state index contributed by atoms with van der Waals surface area (Å²) in [5, 5.41) is 14.8. The Labute approximate surface area is 123 Å². The normalized spacial score (nSPS) is 19.1. The van der Waals surface area contributed by atoms with Gasteiger partial charge in [-0.2, -0.15) is 0 Å². The lowest BCUT2D eigenvalue weighted by Gasteiger charge is -2.30. The number of aliphatic hydroxyl groups excluding tert-OH is 1. The maximum Gasteiger partial charge on any atom is 0.315 e. The van der Waals surface area contributed by atoms with Crippen molar-refractivity contribution in [3.63, 3.8) is 0 Å². The van der Waals surface area contributed by atoms with Gasteiger partial charge in [-0.1, -0.05) is 20.8 Å². The Morgan fingerprint density at radius 2 is 2.00 bits per heavy atom. The third-order valence-electron chi connectivity index (χ3n) is 4.15. The van der Waals surface area contributed by atoms with Gasteiger partial charge in [-0.3, -0.25) is 0 Å². The highest BCUT2D eigenvalue weighted by atomic mass is 16.3. The number of hydrogen-bond acceptors (Lipinski definition) is 3. The van der Waals surface area contributed by atoms with Crippen LogP contribution in [0, 0.1) is 11.8 Å². The zero-order chi connectivity index (χ0) is 15.0. The van der Waals surface area contributed by atoms with E-state index in [0.29, 0.717) is 18.9 Å². The van der Waals surface area contributed by atoms with E-state index in [1.165, 1.54) is 12.8 Å². The SMILES string of the molecule is CC1CCN(CCNC(=O)NC(CCO)C(C)C)CC1. The molecule has 1 unspecified atom stereocenters. The monoisotopic (exact) mass is 285 g/mol. The van der Waals surface area contributed by atoms with Crippen molar-refractivity contribution in [3.05, 3.63) is 0 Å². The molecular weight excluding hydrogens is 254 g/mol. The lowest BCUT2D eigenvalue weighted by Crippen LogP contribution is -2.47. The number of rotatable bonds is 7. The van der Waals surface area contributed by atoms with Crippen molar-refractivity contribution in [2.75, 3.05) is 32.8 Å². The fourth-order valence-corrected chi connectivity index (χ4v) is 2.54. The van der Waals surface area contributed by atoms with Gasteiger partial charge in [0.05, 0.1) is 0 Å². The molecule has 118 valence electrons. The van der Waals surface area contributed by atoms with E-state index in [1.54, 1.807) is 0 Å². The summed E-state index contributed by atoms with van der Waals surface area (Å²) in [5.41, 5.74) is 0. The number of nitrogens with one attached hydrogen (secondary N) is 2. The predicted octanol–water partition coefficient (Wildman–Crippen LogP) is 1.42. The van der Waals surface area contributed by atoms with Crippen molar-refractivity contribution in [1.29, 1.82) is 0 Å². The first-order chi connectivity index (χ1) is 9.52. The number of carbonyl (C=O) groups excluding carboxylic acids is 1. The molecule has 0 radical (unpaired) electrons. The highest BCUT2D eigenvalue weighted by molar-refractivity contribution is 5.74. The summed E-state index contributed by atoms with van der Waals surface area (Å²) in [5.74, 6) is 1.17. The molecule has 2 amide bonds. The third-order valence-corrected chi connectivity index (χ3v) is 4.15. The van der Waals surface area contributed by atoms with Gasteiger partial charge < -0.3 is 20.6 Å². The van der Waals surface area contributed by atoms with E-state index in [2.05, 4.69) is 36.3 Å². The summed E-state index contributed by atoms with van der Waals surface area (Å²) in [7, 11) is 0. The molecule has 1 fully saturated rings. The summed E-state index contributed by atoms with van der Waals surface area (Å²) >= 11 is 0. The van der Waals surface area contributed by atoms with Crippen LogP contribution < -0.4 is 10.6 Å². The predicted molar refractivity (Wildman–Crippen MR) is 81.7 cm³/mol. The maximum atomic E-state index is 11.8. The number of urea groups is 1. The summed E-state index contributed by atoms with van der Waals surface area (Å²) in [6, 6.07) is -0.0848. The second-order valence-corrected chi connectivity index (χ2v) is 6.29. The Bertz CT molecular complexity index is 276. The van der Waals surface area contributed by atoms with E-state index in [4.69, 9.17) is 5.11 Å². The zero-order valence-electron chi connectivity index (χ0n) is 13.2. The largest absolute Gasteiger partial charge is 0.396 e. The third kappa shape index (κ3) is 6.57. The highest BCUT2D eigenvalue weighted by Crippen LogP contribution is 2.15. The van der Waals surface area contributed by atoms with Gasteiger partial charge >= 0.3 is 6.03 Å². The van der Waals surface area contributed by atoms with Crippen LogP contribution in [0.2, 0.25) is 0 Å². The number of aliphatic hydroxyl groups is 1. The lowest BCUT2D eigenvalue weighted by molar-refractivity contribution is 0.189. The molecule has 0 aromatic heterocycles. The van der Waals surface area contributed by atoms with Crippen LogP contribution in [0.15, 0.2) is 0 Å². The van der Waals surface area contributed by atoms with Gasteiger partial charge in [-0.25, -0.2) is 4.79 Å². The summed E-state index contributed by atoms with van der Waals surface area (Å²) in [6.07, 6.45) is 3.13. The van der Waals surface area contributed by atoms with E-state index in [9.17, 15) is 4.79 Å². The Balaban J connectivity index is 2.16. The average Bonchev–Trinajstić information content (AvgIpc) is 2.40. The van der Waals surface area contributed by atoms with Gasteiger partial charge in [0.2, 0.25) is 0 Å². The van der Waals surface area contributed by atoms with Gasteiger partial charge in [0.25, 0.3) is 0 Å². The Kier molecular flexibility index (Phi) is 7.92. The fourth-order valence-electron chi connectivity index (χ4n) is 2.54. The molecule has 1 atom stereocenters. The van der Waals surface area contributed by atoms with Gasteiger partial charge in [0.15, 0.2) is 0 Å². The van der Waals surface area contributed by atoms with Crippen LogP contribution in [-0.4, -0.2) is 54.9 Å². The van der Waals surface area contributed by atoms with Gasteiger partial charge in [0, 0.05) is 25.7 Å². The highest BCUT2D eigenvalue weighted by Gasteiger charge is 2.17. The lowest BCUT2D eigenvalue weighted by atomic mass is 9.99. The van der Waals surface area contributed by atoms with E-state index in [0.717, 1.165) is 25.6 Å². The number of nitrogens with zero attached hydrogens (tertiary/aromatic N) is 1. The van der Waals surface area contributed by atoms with Crippen LogP contribution in [-0.2, 0) is 0 Å². The van der Waals surface area contributed by atoms with Crippen LogP contribution in [0.4, 0.5) is 4.79 Å². The summed E-state index contributed by atoms with van der Waals surface area (Å²) in [6.45, 7) is 10.4. The maximum absolute atomic E-state index is 11.8. The molecule has 3 N–H and O–H groups in total. The van der Waals surface area contributed by atoms with Crippen molar-refractivity contribution in [2.45, 2.75) is 46.1 Å². The molecule has 0 aliphatic carbocycles. The van der Waals surface area contributed by atoms with Crippen molar-refractivity contribution >= 4 is 6.03 Å². The van der Waals surface area contributed by atoms with Gasteiger partial charge in [-0.15, -0.1) is 0 Å². The van der Waals surface area contributed by atoms with E-state index >= 15 is 0 Å². The molecule has 1 heterocycles. The number of carbonyl (C=O) groups is 1. The molecule has 5 nitrogen and oxygen atoms in total. The minimum Gasteiger partial charge on any atom is -0.396 e. The Hall–Kier alpha value is -0.810. The summed E-state index contributed by atoms with van der Waals surface area (Å²) < 4.78 is 0. The van der Waals surface area contributed by atoms with E-state index in [1.807, 2.05) is 0 Å². The van der Waals surface area contributed by atoms with Crippen molar-refractivity contribution in [2.24, 2.45) is 11.8 Å². The zero-order valence-corrected chi connectivity index (χ0v) is 13.2. The first-order valence-electron chi connectivity index (χ1n) is 7.90. The molecule has 0 saturated carbocycles. The Morgan fingerprint density at radius 1 is 1.35 bits per heavy atom. The quantitative estimate of drug-likeness (QED) is 0.663. The van der Waals surface area contributed by atoms with Crippen molar-refractivity contribution < 1.29 is 9.90 Å². The molecule has 20 heavy (non-hydrogen) atoms. The van der Waals surface area contributed by atoms with E-state index in [-0.39, 0.29) is 18.7 Å². The number of likely N-dealkylation sites (tertiary alicyclic amines) is 1. The van der Waals surface area contributed by atoms with Crippen LogP contribution in [0.25, 0.3) is 0 Å². The van der Waals surface area contributed by atoms with Crippen LogP contribution >= 0.6 is 0 Å². The smallest absolute Gasteiger partial charge is 0.315 e. The molecule has 1 rings (SSSR count). The standard InChI is InChI=1S/C15H31N3O2/c1-12(2)14(6-11-19)17-15(20)16-7-10-18-8-4-13(3)5-9-18/h12-14,19H,4-11H2,1-3H3,(H2,16,17,20). The molecule has 5 heteroatoms. The fraction of sp³-hybridized carbons (Fsp3) is 0.933. The average molecular weight is 285 g/mol. The van der Waals surface area contributed by atoms with Crippen molar-refractivity contribution in [1.82, 2.24) is 15.5 Å². The molecule has 0 bridgehead atoms. The minimum atomic E-state index is -0.123. The topological polar surface area (TPSA) is 64.6 Å². The first-order valence-corrected chi connectivity index (χ1v) is 7.90. The number of amides is 2. The summed E-state index contributed by atoms with van der Waals surface area (Å²) in [4.78, 5) is 14.2. The molecule has 0 aromatic carbocycles. The molecular formula is C15H31N3O2. The van der Waals surface area contributed by atoms with Gasteiger partial charge in [0.1, 0.15) is 0 Å². The minimum absolute atomic E-state index is 0.0378. The van der Waals surface area contributed by atoms with Gasteiger partial charge in [-0.05, 0) is 44.2 Å². The molecule has 1 saturated heterocycles. The van der Waals surface area contributed by atoms with Crippen molar-refractivity contribution in [3.8, 4) is 0 Å². The van der Waals surface area contributed by atoms with Crippen LogP contribution in [0.1, 0.15) is 40.0 Å². The number of piperidine rings is 1. The second-order valence-electron chi connectivity index (χ2n) is 6.29. The van der Waals surface area contributed by atoms with Crippen LogP contribution in [0.3, 0.4) is 0 Å².